The van der Waals surface area contributed by atoms with Gasteiger partial charge in [0.15, 0.2) is 0 Å². The minimum Gasteiger partial charge on any atom is -0.411 e. The van der Waals surface area contributed by atoms with Crippen LogP contribution in [0, 0.1) is 11.3 Å². The van der Waals surface area contributed by atoms with Crippen LogP contribution in [0.4, 0.5) is 0 Å². The largest absolute Gasteiger partial charge is 0.411 e. The maximum atomic E-state index is 12.8. The molecule has 26 heavy (non-hydrogen) atoms. The third kappa shape index (κ3) is 3.73. The van der Waals surface area contributed by atoms with E-state index in [9.17, 15) is 10.1 Å². The van der Waals surface area contributed by atoms with Gasteiger partial charge >= 0.3 is 0 Å². The van der Waals surface area contributed by atoms with E-state index < -0.39 is 10.8 Å². The second-order valence-corrected chi connectivity index (χ2v) is 7.77. The molecule has 8 heteroatoms. The molecule has 0 N–H and O–H groups in total. The van der Waals surface area contributed by atoms with Crippen LogP contribution in [0.5, 0.6) is 0 Å². The summed E-state index contributed by atoms with van der Waals surface area (Å²) < 4.78 is 5.63. The zero-order valence-electron chi connectivity index (χ0n) is 14.9. The molecule has 2 aromatic rings. The molecule has 1 aliphatic rings. The monoisotopic (exact) mass is 371 g/mol. The van der Waals surface area contributed by atoms with E-state index in [2.05, 4.69) is 21.3 Å². The molecule has 1 amide bonds. The van der Waals surface area contributed by atoms with Crippen LogP contribution in [0.3, 0.4) is 0 Å². The maximum absolute atomic E-state index is 12.8. The van der Waals surface area contributed by atoms with Crippen LogP contribution < -0.4 is 0 Å². The molecule has 1 aliphatic carbocycles. The topological polar surface area (TPSA) is 95.9 Å². The van der Waals surface area contributed by atoms with E-state index in [1.807, 2.05) is 6.07 Å². The van der Waals surface area contributed by atoms with Crippen molar-refractivity contribution in [3.8, 4) is 17.5 Å². The number of carbonyl (C=O) groups excluding carboxylic acids is 1. The minimum atomic E-state index is -0.695. The van der Waals surface area contributed by atoms with Gasteiger partial charge in [-0.05, 0) is 31.9 Å². The van der Waals surface area contributed by atoms with Gasteiger partial charge in [-0.1, -0.05) is 31.0 Å². The Labute approximate surface area is 156 Å². The molecule has 2 heterocycles. The van der Waals surface area contributed by atoms with Crippen LogP contribution in [0.15, 0.2) is 34.2 Å². The summed E-state index contributed by atoms with van der Waals surface area (Å²) in [7, 11) is 1.73. The van der Waals surface area contributed by atoms with Crippen LogP contribution in [0.2, 0.25) is 0 Å². The molecule has 2 aromatic heterocycles. The number of rotatable bonds is 5. The molecule has 0 unspecified atom stereocenters. The molecule has 3 rings (SSSR count). The summed E-state index contributed by atoms with van der Waals surface area (Å²) >= 11 is 1.21. The second-order valence-electron chi connectivity index (χ2n) is 6.48. The first-order valence-electron chi connectivity index (χ1n) is 8.65. The van der Waals surface area contributed by atoms with Gasteiger partial charge in [-0.25, -0.2) is 0 Å². The summed E-state index contributed by atoms with van der Waals surface area (Å²) in [5.41, 5.74) is 0.0356. The summed E-state index contributed by atoms with van der Waals surface area (Å²) in [6.07, 6.45) is 7.85. The van der Waals surface area contributed by atoms with Crippen molar-refractivity contribution in [2.45, 2.75) is 55.0 Å². The van der Waals surface area contributed by atoms with Crippen molar-refractivity contribution in [1.29, 1.82) is 5.26 Å². The van der Waals surface area contributed by atoms with Crippen molar-refractivity contribution in [1.82, 2.24) is 20.1 Å². The molecule has 1 atom stereocenters. The Hall–Kier alpha value is -2.40. The number of hydrogen-bond donors (Lipinski definition) is 0. The summed E-state index contributed by atoms with van der Waals surface area (Å²) in [4.78, 5) is 18.5. The Morgan fingerprint density at radius 1 is 1.38 bits per heavy atom. The second kappa shape index (κ2) is 7.87. The van der Waals surface area contributed by atoms with Gasteiger partial charge in [-0.15, -0.1) is 10.2 Å². The molecule has 1 saturated carbocycles. The van der Waals surface area contributed by atoms with Gasteiger partial charge in [-0.3, -0.25) is 9.78 Å². The predicted octanol–water partition coefficient (Wildman–Crippen LogP) is 3.30. The van der Waals surface area contributed by atoms with Crippen molar-refractivity contribution in [3.05, 3.63) is 24.5 Å². The van der Waals surface area contributed by atoms with Gasteiger partial charge in [0.2, 0.25) is 11.8 Å². The van der Waals surface area contributed by atoms with Crippen LogP contribution in [0.25, 0.3) is 11.5 Å². The summed E-state index contributed by atoms with van der Waals surface area (Å²) in [5.74, 6) is 0.272. The number of thioether (sulfide) groups is 1. The van der Waals surface area contributed by atoms with E-state index in [4.69, 9.17) is 4.42 Å². The summed E-state index contributed by atoms with van der Waals surface area (Å²) in [6.45, 7) is 1.80. The standard InChI is InChI=1S/C18H21N5O2S/c1-13(16(24)23(2)18(12-19)8-4-3-5-9-18)26-17-22-21-15(25-17)14-7-6-10-20-11-14/h6-7,10-11,13H,3-5,8-9H2,1-2H3/t13-/m0/s1. The third-order valence-corrected chi connectivity index (χ3v) is 5.72. The smallest absolute Gasteiger partial charge is 0.277 e. The van der Waals surface area contributed by atoms with Crippen molar-refractivity contribution >= 4 is 17.7 Å². The summed E-state index contributed by atoms with van der Waals surface area (Å²) in [6, 6.07) is 6.00. The van der Waals surface area contributed by atoms with Gasteiger partial charge in [0.25, 0.3) is 5.22 Å². The SMILES string of the molecule is C[C@H](Sc1nnc(-c2cccnc2)o1)C(=O)N(C)C1(C#N)CCCCC1. The molecule has 0 bridgehead atoms. The Kier molecular flexibility index (Phi) is 5.57. The molecule has 0 spiro atoms. The highest BCUT2D eigenvalue weighted by atomic mass is 32.2. The minimum absolute atomic E-state index is 0.0976. The highest BCUT2D eigenvalue weighted by Gasteiger charge is 2.40. The number of nitrogens with zero attached hydrogens (tertiary/aromatic N) is 5. The number of pyridine rings is 1. The van der Waals surface area contributed by atoms with E-state index in [0.717, 1.165) is 37.7 Å². The molecule has 0 saturated heterocycles. The number of carbonyl (C=O) groups is 1. The molecular formula is C18H21N5O2S. The van der Waals surface area contributed by atoms with Crippen molar-refractivity contribution in [2.75, 3.05) is 7.05 Å². The summed E-state index contributed by atoms with van der Waals surface area (Å²) in [5, 5.41) is 17.6. The first-order valence-corrected chi connectivity index (χ1v) is 9.53. The average Bonchev–Trinajstić information content (AvgIpc) is 3.16. The normalized spacial score (nSPS) is 17.3. The molecule has 1 fully saturated rings. The van der Waals surface area contributed by atoms with Crippen molar-refractivity contribution in [2.24, 2.45) is 0 Å². The van der Waals surface area contributed by atoms with Crippen molar-refractivity contribution in [3.63, 3.8) is 0 Å². The van der Waals surface area contributed by atoms with E-state index in [1.165, 1.54) is 11.8 Å². The molecule has 0 aliphatic heterocycles. The Morgan fingerprint density at radius 3 is 2.81 bits per heavy atom. The number of hydrogen-bond acceptors (Lipinski definition) is 7. The van der Waals surface area contributed by atoms with E-state index in [1.54, 1.807) is 37.3 Å². The molecule has 136 valence electrons. The molecule has 7 nitrogen and oxygen atoms in total. The van der Waals surface area contributed by atoms with Crippen LogP contribution >= 0.6 is 11.8 Å². The average molecular weight is 371 g/mol. The van der Waals surface area contributed by atoms with Gasteiger partial charge in [0.05, 0.1) is 16.9 Å². The van der Waals surface area contributed by atoms with E-state index in [0.29, 0.717) is 11.1 Å². The fraction of sp³-hybridized carbons (Fsp3) is 0.500. The Balaban J connectivity index is 1.68. The van der Waals surface area contributed by atoms with Gasteiger partial charge in [0.1, 0.15) is 5.54 Å². The van der Waals surface area contributed by atoms with Crippen LogP contribution in [0.1, 0.15) is 39.0 Å². The first kappa shape index (κ1) is 18.4. The van der Waals surface area contributed by atoms with Gasteiger partial charge < -0.3 is 9.32 Å². The number of amides is 1. The quantitative estimate of drug-likeness (QED) is 0.744. The zero-order valence-corrected chi connectivity index (χ0v) is 15.7. The van der Waals surface area contributed by atoms with Gasteiger partial charge in [-0.2, -0.15) is 5.26 Å². The van der Waals surface area contributed by atoms with Gasteiger partial charge in [0, 0.05) is 19.4 Å². The Bertz CT molecular complexity index is 795. The highest BCUT2D eigenvalue weighted by Crippen LogP contribution is 2.34. The highest BCUT2D eigenvalue weighted by molar-refractivity contribution is 8.00. The van der Waals surface area contributed by atoms with E-state index in [-0.39, 0.29) is 5.91 Å². The lowest BCUT2D eigenvalue weighted by Crippen LogP contribution is -2.52. The number of nitriles is 1. The molecule has 0 aromatic carbocycles. The molecule has 0 radical (unpaired) electrons. The lowest BCUT2D eigenvalue weighted by molar-refractivity contribution is -0.133. The van der Waals surface area contributed by atoms with Crippen molar-refractivity contribution < 1.29 is 9.21 Å². The lowest BCUT2D eigenvalue weighted by atomic mass is 9.81. The first-order chi connectivity index (χ1) is 12.6. The molecular weight excluding hydrogens is 350 g/mol. The van der Waals surface area contributed by atoms with Crippen LogP contribution in [-0.4, -0.2) is 43.8 Å². The third-order valence-electron chi connectivity index (χ3n) is 4.80. The maximum Gasteiger partial charge on any atom is 0.277 e. The van der Waals surface area contributed by atoms with Crippen LogP contribution in [-0.2, 0) is 4.79 Å². The number of aromatic nitrogens is 3. The Morgan fingerprint density at radius 2 is 2.15 bits per heavy atom. The zero-order chi connectivity index (χ0) is 18.6. The lowest BCUT2D eigenvalue weighted by Gasteiger charge is -2.39. The fourth-order valence-corrected chi connectivity index (χ4v) is 3.98. The van der Waals surface area contributed by atoms with E-state index >= 15 is 0 Å². The predicted molar refractivity (Wildman–Crippen MR) is 97.0 cm³/mol. The fourth-order valence-electron chi connectivity index (χ4n) is 3.21.